The van der Waals surface area contributed by atoms with Gasteiger partial charge in [0.05, 0.1) is 22.5 Å². The summed E-state index contributed by atoms with van der Waals surface area (Å²) in [7, 11) is -1.42. The van der Waals surface area contributed by atoms with Crippen molar-refractivity contribution in [3.63, 3.8) is 0 Å². The number of methoxy groups -OCH3 is 1. The van der Waals surface area contributed by atoms with Crippen molar-refractivity contribution in [1.82, 2.24) is 10.3 Å². The van der Waals surface area contributed by atoms with Crippen LogP contribution < -0.4 is 25.7 Å². The number of benzene rings is 2. The number of carbonyl (C=O) groups is 1. The fraction of sp³-hybridized carbons (Fsp3) is 0.136. The number of nitrogens with one attached hydrogen (secondary N) is 4. The molecule has 1 aliphatic heterocycles. The second-order valence-electron chi connectivity index (χ2n) is 7.14. The fourth-order valence-electron chi connectivity index (χ4n) is 3.22. The summed E-state index contributed by atoms with van der Waals surface area (Å²) in [5.74, 6) is 4.31. The van der Waals surface area contributed by atoms with Crippen LogP contribution >= 0.6 is 11.8 Å². The molecular weight excluding hydrogens is 448 g/mol. The zero-order valence-electron chi connectivity index (χ0n) is 17.4. The lowest BCUT2D eigenvalue weighted by molar-refractivity contribution is -0.119. The molecule has 8 nitrogen and oxygen atoms in total. The van der Waals surface area contributed by atoms with E-state index >= 15 is 0 Å². The quantitative estimate of drug-likeness (QED) is 0.412. The minimum Gasteiger partial charge on any atom is -0.497 e. The van der Waals surface area contributed by atoms with Gasteiger partial charge in [-0.05, 0) is 53.9 Å². The van der Waals surface area contributed by atoms with Crippen LogP contribution in [0.5, 0.6) is 5.75 Å². The molecule has 10 heteroatoms. The molecule has 1 aliphatic rings. The monoisotopic (exact) mass is 470 g/mol. The van der Waals surface area contributed by atoms with E-state index < -0.39 is 15.3 Å². The largest absolute Gasteiger partial charge is 0.497 e. The molecule has 0 saturated carbocycles. The Morgan fingerprint density at radius 3 is 2.59 bits per heavy atom. The fourth-order valence-corrected chi connectivity index (χ4v) is 5.54. The molecule has 4 rings (SSSR count). The second-order valence-corrected chi connectivity index (χ2v) is 10.3. The average Bonchev–Trinajstić information content (AvgIpc) is 3.16. The predicted octanol–water partition coefficient (Wildman–Crippen LogP) is 3.09. The van der Waals surface area contributed by atoms with Gasteiger partial charge in [0.25, 0.3) is 5.56 Å². The zero-order valence-corrected chi connectivity index (χ0v) is 19.1. The normalized spacial score (nSPS) is 16.4. The van der Waals surface area contributed by atoms with E-state index in [2.05, 4.69) is 26.2 Å². The van der Waals surface area contributed by atoms with Crippen molar-refractivity contribution < 1.29 is 13.7 Å². The minimum absolute atomic E-state index is 0.118. The number of ether oxygens (including phenoxy) is 1. The SMILES string of the molecule is C=S(=O)(Nc1cc(-c2ccc3c(c2)SC(NC(C)=O)N3)c[nH]c1=O)c1ccc(OC)cc1. The van der Waals surface area contributed by atoms with Crippen molar-refractivity contribution in [3.8, 4) is 16.9 Å². The number of fused-ring (bicyclic) bond motifs is 1. The molecule has 2 heterocycles. The van der Waals surface area contributed by atoms with E-state index in [1.54, 1.807) is 43.6 Å². The summed E-state index contributed by atoms with van der Waals surface area (Å²) in [4.78, 5) is 27.8. The molecule has 0 radical (unpaired) electrons. The Bertz CT molecular complexity index is 1330. The summed E-state index contributed by atoms with van der Waals surface area (Å²) in [6.07, 6.45) is 1.60. The van der Waals surface area contributed by atoms with Crippen LogP contribution in [-0.2, 0) is 14.5 Å². The lowest BCUT2D eigenvalue weighted by Gasteiger charge is -2.14. The van der Waals surface area contributed by atoms with E-state index in [1.165, 1.54) is 18.7 Å². The zero-order chi connectivity index (χ0) is 22.9. The van der Waals surface area contributed by atoms with E-state index in [0.29, 0.717) is 10.6 Å². The number of aromatic amines is 1. The van der Waals surface area contributed by atoms with Crippen LogP contribution in [-0.4, -0.2) is 33.6 Å². The Balaban J connectivity index is 1.60. The number of hydrogen-bond donors (Lipinski definition) is 4. The molecule has 0 spiro atoms. The maximum atomic E-state index is 13.2. The highest BCUT2D eigenvalue weighted by Gasteiger charge is 2.22. The molecule has 32 heavy (non-hydrogen) atoms. The van der Waals surface area contributed by atoms with Gasteiger partial charge in [0.2, 0.25) is 5.91 Å². The molecule has 166 valence electrons. The molecular formula is C22H22N4O4S2. The first-order valence-corrected chi connectivity index (χ1v) is 12.2. The van der Waals surface area contributed by atoms with E-state index in [0.717, 1.165) is 21.7 Å². The third-order valence-electron chi connectivity index (χ3n) is 4.80. The molecule has 4 N–H and O–H groups in total. The van der Waals surface area contributed by atoms with Crippen LogP contribution in [0.2, 0.25) is 0 Å². The van der Waals surface area contributed by atoms with Crippen molar-refractivity contribution in [2.45, 2.75) is 22.2 Å². The first-order chi connectivity index (χ1) is 15.2. The third kappa shape index (κ3) is 4.61. The van der Waals surface area contributed by atoms with Crippen LogP contribution in [0.3, 0.4) is 0 Å². The smallest absolute Gasteiger partial charge is 0.272 e. The van der Waals surface area contributed by atoms with E-state index in [4.69, 9.17) is 4.74 Å². The first kappa shape index (κ1) is 21.8. The van der Waals surface area contributed by atoms with Gasteiger partial charge in [-0.15, -0.1) is 0 Å². The van der Waals surface area contributed by atoms with E-state index in [9.17, 15) is 13.8 Å². The van der Waals surface area contributed by atoms with Gasteiger partial charge >= 0.3 is 0 Å². The minimum atomic E-state index is -2.97. The molecule has 0 saturated heterocycles. The molecule has 0 fully saturated rings. The number of carbonyl (C=O) groups excluding carboxylic acids is 1. The highest BCUT2D eigenvalue weighted by Crippen LogP contribution is 2.39. The van der Waals surface area contributed by atoms with E-state index in [1.807, 2.05) is 18.2 Å². The van der Waals surface area contributed by atoms with Gasteiger partial charge in [0, 0.05) is 28.5 Å². The van der Waals surface area contributed by atoms with Crippen molar-refractivity contribution in [3.05, 3.63) is 65.1 Å². The van der Waals surface area contributed by atoms with Crippen LogP contribution in [0.4, 0.5) is 11.4 Å². The summed E-state index contributed by atoms with van der Waals surface area (Å²) in [5, 5.41) is 6.05. The standard InChI is InChI=1S/C22H22N4O4S2/c1-13(27)24-22-25-18-9-4-14(11-20(18)31-22)15-10-19(21(28)23-12-15)26-32(3,29)17-7-5-16(30-2)6-8-17/h4-12,22,25H,3H2,1-2H3,(H,23,28)(H,24,27)(H,26,29). The van der Waals surface area contributed by atoms with Crippen LogP contribution in [0.25, 0.3) is 11.1 Å². The van der Waals surface area contributed by atoms with Gasteiger partial charge in [0.1, 0.15) is 11.4 Å². The molecule has 1 amide bonds. The average molecular weight is 471 g/mol. The van der Waals surface area contributed by atoms with Crippen molar-refractivity contribution in [1.29, 1.82) is 0 Å². The maximum Gasteiger partial charge on any atom is 0.272 e. The van der Waals surface area contributed by atoms with Gasteiger partial charge < -0.3 is 25.1 Å². The molecule has 1 aromatic heterocycles. The van der Waals surface area contributed by atoms with Crippen LogP contribution in [0.1, 0.15) is 6.92 Å². The summed E-state index contributed by atoms with van der Waals surface area (Å²) >= 11 is 1.49. The lowest BCUT2D eigenvalue weighted by atomic mass is 10.1. The summed E-state index contributed by atoms with van der Waals surface area (Å²) in [5.41, 5.74) is 2.04. The summed E-state index contributed by atoms with van der Waals surface area (Å²) in [6.45, 7) is 1.47. The third-order valence-corrected chi connectivity index (χ3v) is 7.45. The number of amides is 1. The Hall–Kier alpha value is -3.37. The Labute approximate surface area is 189 Å². The van der Waals surface area contributed by atoms with Gasteiger partial charge in [-0.1, -0.05) is 17.8 Å². The molecule has 0 bridgehead atoms. The number of pyridine rings is 1. The Morgan fingerprint density at radius 2 is 1.91 bits per heavy atom. The maximum absolute atomic E-state index is 13.2. The van der Waals surface area contributed by atoms with Gasteiger partial charge in [0.15, 0.2) is 5.50 Å². The molecule has 0 aliphatic carbocycles. The molecule has 2 atom stereocenters. The number of hydrogen-bond acceptors (Lipinski definition) is 6. The number of aromatic nitrogens is 1. The molecule has 2 aromatic carbocycles. The Kier molecular flexibility index (Phi) is 5.90. The highest BCUT2D eigenvalue weighted by molar-refractivity contribution is 8.01. The predicted molar refractivity (Wildman–Crippen MR) is 130 cm³/mol. The lowest BCUT2D eigenvalue weighted by Crippen LogP contribution is -2.33. The van der Waals surface area contributed by atoms with Crippen LogP contribution in [0.15, 0.2) is 69.3 Å². The van der Waals surface area contributed by atoms with E-state index in [-0.39, 0.29) is 17.1 Å². The van der Waals surface area contributed by atoms with Crippen molar-refractivity contribution in [2.75, 3.05) is 17.1 Å². The molecule has 3 aromatic rings. The summed E-state index contributed by atoms with van der Waals surface area (Å²) in [6, 6.07) is 14.1. The second kappa shape index (κ2) is 8.64. The van der Waals surface area contributed by atoms with Crippen molar-refractivity contribution >= 4 is 44.6 Å². The number of H-pyrrole nitrogens is 1. The van der Waals surface area contributed by atoms with Gasteiger partial charge in [-0.25, -0.2) is 4.21 Å². The van der Waals surface area contributed by atoms with Gasteiger partial charge in [-0.2, -0.15) is 0 Å². The summed E-state index contributed by atoms with van der Waals surface area (Å²) < 4.78 is 21.1. The van der Waals surface area contributed by atoms with Crippen molar-refractivity contribution in [2.24, 2.45) is 0 Å². The number of anilines is 2. The molecule has 2 unspecified atom stereocenters. The van der Waals surface area contributed by atoms with Crippen LogP contribution in [0, 0.1) is 0 Å². The number of rotatable bonds is 6. The number of thioether (sulfide) groups is 1. The topological polar surface area (TPSA) is 112 Å². The highest BCUT2D eigenvalue weighted by atomic mass is 32.2. The van der Waals surface area contributed by atoms with Gasteiger partial charge in [-0.3, -0.25) is 9.59 Å². The first-order valence-electron chi connectivity index (χ1n) is 9.62. The Morgan fingerprint density at radius 1 is 1.16 bits per heavy atom.